The van der Waals surface area contributed by atoms with Gasteiger partial charge in [-0.05, 0) is 44.0 Å². The molecule has 0 fully saturated rings. The molecule has 100 valence electrons. The summed E-state index contributed by atoms with van der Waals surface area (Å²) in [6.07, 6.45) is 3.03. The Morgan fingerprint density at radius 3 is 2.83 bits per heavy atom. The maximum absolute atomic E-state index is 10.3. The summed E-state index contributed by atoms with van der Waals surface area (Å²) >= 11 is 3.46. The van der Waals surface area contributed by atoms with Crippen LogP contribution in [0.15, 0.2) is 28.7 Å². The minimum Gasteiger partial charge on any atom is -0.481 e. The third-order valence-corrected chi connectivity index (χ3v) is 3.36. The number of carboxylic acids is 1. The van der Waals surface area contributed by atoms with Crippen molar-refractivity contribution in [2.45, 2.75) is 38.6 Å². The van der Waals surface area contributed by atoms with E-state index in [4.69, 9.17) is 5.11 Å². The van der Waals surface area contributed by atoms with Crippen LogP contribution in [0.3, 0.4) is 0 Å². The van der Waals surface area contributed by atoms with Crippen LogP contribution in [0, 0.1) is 0 Å². The Labute approximate surface area is 117 Å². The number of benzene rings is 1. The van der Waals surface area contributed by atoms with Crippen LogP contribution in [0.2, 0.25) is 0 Å². The number of halogens is 1. The lowest BCUT2D eigenvalue weighted by Crippen LogP contribution is -2.19. The molecule has 0 saturated heterocycles. The van der Waals surface area contributed by atoms with Crippen LogP contribution >= 0.6 is 15.9 Å². The van der Waals surface area contributed by atoms with Gasteiger partial charge in [-0.1, -0.05) is 34.5 Å². The summed E-state index contributed by atoms with van der Waals surface area (Å²) in [4.78, 5) is 10.3. The van der Waals surface area contributed by atoms with Crippen molar-refractivity contribution in [2.75, 3.05) is 6.54 Å². The minimum atomic E-state index is -0.703. The SMILES string of the molecule is C[C@@H](NCCCCCC(=O)O)c1cccc(Br)c1. The van der Waals surface area contributed by atoms with Gasteiger partial charge in [-0.15, -0.1) is 0 Å². The van der Waals surface area contributed by atoms with Crippen molar-refractivity contribution >= 4 is 21.9 Å². The van der Waals surface area contributed by atoms with E-state index in [2.05, 4.69) is 40.3 Å². The molecule has 0 aromatic heterocycles. The standard InChI is InChI=1S/C14H20BrNO2/c1-11(12-6-5-7-13(15)10-12)16-9-4-2-3-8-14(17)18/h5-7,10-11,16H,2-4,8-9H2,1H3,(H,17,18)/t11-/m1/s1. The zero-order valence-electron chi connectivity index (χ0n) is 10.7. The predicted molar refractivity (Wildman–Crippen MR) is 76.7 cm³/mol. The summed E-state index contributed by atoms with van der Waals surface area (Å²) in [5, 5.41) is 12.0. The number of nitrogens with one attached hydrogen (secondary N) is 1. The highest BCUT2D eigenvalue weighted by atomic mass is 79.9. The Bertz CT molecular complexity index is 382. The van der Waals surface area contributed by atoms with Crippen LogP contribution in [-0.4, -0.2) is 17.6 Å². The van der Waals surface area contributed by atoms with Gasteiger partial charge in [0.25, 0.3) is 0 Å². The zero-order chi connectivity index (χ0) is 13.4. The molecular weight excluding hydrogens is 294 g/mol. The van der Waals surface area contributed by atoms with Crippen molar-refractivity contribution in [3.63, 3.8) is 0 Å². The highest BCUT2D eigenvalue weighted by Gasteiger charge is 2.04. The highest BCUT2D eigenvalue weighted by molar-refractivity contribution is 9.10. The Morgan fingerprint density at radius 1 is 1.39 bits per heavy atom. The number of hydrogen-bond acceptors (Lipinski definition) is 2. The fourth-order valence-electron chi connectivity index (χ4n) is 1.79. The molecule has 1 aromatic rings. The van der Waals surface area contributed by atoms with Crippen molar-refractivity contribution < 1.29 is 9.90 Å². The van der Waals surface area contributed by atoms with E-state index in [1.54, 1.807) is 0 Å². The van der Waals surface area contributed by atoms with Crippen LogP contribution in [-0.2, 0) is 4.79 Å². The van der Waals surface area contributed by atoms with Gasteiger partial charge >= 0.3 is 5.97 Å². The Balaban J connectivity index is 2.17. The quantitative estimate of drug-likeness (QED) is 0.719. The van der Waals surface area contributed by atoms with Crippen LogP contribution in [0.4, 0.5) is 0 Å². The van der Waals surface area contributed by atoms with E-state index >= 15 is 0 Å². The molecule has 3 nitrogen and oxygen atoms in total. The summed E-state index contributed by atoms with van der Waals surface area (Å²) < 4.78 is 1.09. The van der Waals surface area contributed by atoms with Gasteiger partial charge in [0.1, 0.15) is 0 Å². The fourth-order valence-corrected chi connectivity index (χ4v) is 2.21. The maximum Gasteiger partial charge on any atom is 0.303 e. The van der Waals surface area contributed by atoms with Gasteiger partial charge < -0.3 is 10.4 Å². The number of hydrogen-bond donors (Lipinski definition) is 2. The zero-order valence-corrected chi connectivity index (χ0v) is 12.2. The molecule has 0 radical (unpaired) electrons. The molecule has 1 aromatic carbocycles. The average molecular weight is 314 g/mol. The van der Waals surface area contributed by atoms with Crippen LogP contribution in [0.5, 0.6) is 0 Å². The molecule has 2 N–H and O–H groups in total. The third-order valence-electron chi connectivity index (χ3n) is 2.87. The van der Waals surface area contributed by atoms with Crippen molar-refractivity contribution in [1.82, 2.24) is 5.32 Å². The van der Waals surface area contributed by atoms with Crippen LogP contribution in [0.1, 0.15) is 44.2 Å². The molecule has 0 unspecified atom stereocenters. The molecule has 4 heteroatoms. The monoisotopic (exact) mass is 313 g/mol. The Hall–Kier alpha value is -0.870. The van der Waals surface area contributed by atoms with E-state index in [1.165, 1.54) is 5.56 Å². The maximum atomic E-state index is 10.3. The molecule has 0 amide bonds. The van der Waals surface area contributed by atoms with Gasteiger partial charge in [0.05, 0.1) is 0 Å². The molecule has 0 aliphatic heterocycles. The van der Waals surface area contributed by atoms with E-state index < -0.39 is 5.97 Å². The van der Waals surface area contributed by atoms with E-state index in [0.717, 1.165) is 30.3 Å². The number of aliphatic carboxylic acids is 1. The van der Waals surface area contributed by atoms with Crippen molar-refractivity contribution in [3.8, 4) is 0 Å². The van der Waals surface area contributed by atoms with Crippen LogP contribution < -0.4 is 5.32 Å². The second-order valence-corrected chi connectivity index (χ2v) is 5.35. The first-order valence-corrected chi connectivity index (χ1v) is 7.09. The predicted octanol–water partition coefficient (Wildman–Crippen LogP) is 3.74. The largest absolute Gasteiger partial charge is 0.481 e. The smallest absolute Gasteiger partial charge is 0.303 e. The molecule has 0 aliphatic carbocycles. The second-order valence-electron chi connectivity index (χ2n) is 4.44. The number of carboxylic acid groups (broad SMARTS) is 1. The van der Waals surface area contributed by atoms with Gasteiger partial charge in [-0.2, -0.15) is 0 Å². The van der Waals surface area contributed by atoms with Crippen LogP contribution in [0.25, 0.3) is 0 Å². The lowest BCUT2D eigenvalue weighted by atomic mass is 10.1. The topological polar surface area (TPSA) is 49.3 Å². The Kier molecular flexibility index (Phi) is 6.98. The molecule has 0 aliphatic rings. The van der Waals surface area contributed by atoms with Crippen molar-refractivity contribution in [1.29, 1.82) is 0 Å². The number of rotatable bonds is 8. The molecule has 1 rings (SSSR count). The molecule has 1 atom stereocenters. The first-order chi connectivity index (χ1) is 8.59. The van der Waals surface area contributed by atoms with Crippen molar-refractivity contribution in [2.24, 2.45) is 0 Å². The Morgan fingerprint density at radius 2 is 2.17 bits per heavy atom. The van der Waals surface area contributed by atoms with E-state index in [9.17, 15) is 4.79 Å². The summed E-state index contributed by atoms with van der Waals surface area (Å²) in [5.41, 5.74) is 1.26. The summed E-state index contributed by atoms with van der Waals surface area (Å²) in [5.74, 6) is -0.703. The van der Waals surface area contributed by atoms with Gasteiger partial charge in [0.15, 0.2) is 0 Å². The molecule has 18 heavy (non-hydrogen) atoms. The van der Waals surface area contributed by atoms with Crippen molar-refractivity contribution in [3.05, 3.63) is 34.3 Å². The molecule has 0 heterocycles. The number of carbonyl (C=O) groups is 1. The van der Waals surface area contributed by atoms with Gasteiger partial charge in [-0.25, -0.2) is 0 Å². The average Bonchev–Trinajstić information content (AvgIpc) is 2.33. The molecule has 0 bridgehead atoms. The van der Waals surface area contributed by atoms with Gasteiger partial charge in [0.2, 0.25) is 0 Å². The second kappa shape index (κ2) is 8.27. The molecule has 0 spiro atoms. The highest BCUT2D eigenvalue weighted by Crippen LogP contribution is 2.17. The van der Waals surface area contributed by atoms with E-state index in [1.807, 2.05) is 12.1 Å². The molecular formula is C14H20BrNO2. The first-order valence-electron chi connectivity index (χ1n) is 6.30. The third kappa shape index (κ3) is 6.17. The van der Waals surface area contributed by atoms with E-state index in [0.29, 0.717) is 6.04 Å². The minimum absolute atomic E-state index is 0.279. The fraction of sp³-hybridized carbons (Fsp3) is 0.500. The lowest BCUT2D eigenvalue weighted by Gasteiger charge is -2.14. The first kappa shape index (κ1) is 15.2. The van der Waals surface area contributed by atoms with E-state index in [-0.39, 0.29) is 6.42 Å². The van der Waals surface area contributed by atoms with Gasteiger partial charge in [0, 0.05) is 16.9 Å². The lowest BCUT2D eigenvalue weighted by molar-refractivity contribution is -0.137. The number of unbranched alkanes of at least 4 members (excludes halogenated alkanes) is 2. The summed E-state index contributed by atoms with van der Waals surface area (Å²) in [6, 6.07) is 8.59. The summed E-state index contributed by atoms with van der Waals surface area (Å²) in [7, 11) is 0. The molecule has 0 saturated carbocycles. The normalized spacial score (nSPS) is 12.3. The summed E-state index contributed by atoms with van der Waals surface area (Å²) in [6.45, 7) is 3.06. The van der Waals surface area contributed by atoms with Gasteiger partial charge in [-0.3, -0.25) is 4.79 Å².